The second kappa shape index (κ2) is 5.71. The molecular formula is C15H21N3O3. The van der Waals surface area contributed by atoms with Crippen molar-refractivity contribution in [2.24, 2.45) is 18.9 Å². The molecule has 1 aromatic heterocycles. The number of carboxylic acids is 1. The van der Waals surface area contributed by atoms with Gasteiger partial charge in [-0.05, 0) is 25.8 Å². The number of hydrogen-bond acceptors (Lipinski definition) is 3. The second-order valence-electron chi connectivity index (χ2n) is 5.71. The van der Waals surface area contributed by atoms with Gasteiger partial charge in [-0.1, -0.05) is 6.92 Å². The van der Waals surface area contributed by atoms with E-state index in [9.17, 15) is 9.59 Å². The Morgan fingerprint density at radius 3 is 2.48 bits per heavy atom. The number of nitrogens with zero attached hydrogens (tertiary/aromatic N) is 3. The Labute approximate surface area is 124 Å². The third-order valence-corrected chi connectivity index (χ3v) is 4.20. The first kappa shape index (κ1) is 15.3. The minimum absolute atomic E-state index is 0.0123. The first-order valence-electron chi connectivity index (χ1n) is 7.01. The van der Waals surface area contributed by atoms with Crippen LogP contribution >= 0.6 is 0 Å². The molecule has 6 heteroatoms. The fourth-order valence-electron chi connectivity index (χ4n) is 2.76. The third-order valence-electron chi connectivity index (χ3n) is 4.20. The standard InChI is InChI=1S/C15H21N3O3/c1-9-7-18(8-13(9)15(20)21)14(19)6-5-12-10(2)16-17(4)11(12)3/h5-6,9,13H,7-8H2,1-4H3,(H,20,21). The summed E-state index contributed by atoms with van der Waals surface area (Å²) in [7, 11) is 1.86. The van der Waals surface area contributed by atoms with E-state index in [-0.39, 0.29) is 18.4 Å². The molecule has 1 aliphatic heterocycles. The molecule has 1 fully saturated rings. The summed E-state index contributed by atoms with van der Waals surface area (Å²) in [5, 5.41) is 13.4. The van der Waals surface area contributed by atoms with Crippen molar-refractivity contribution in [2.75, 3.05) is 13.1 Å². The molecule has 2 rings (SSSR count). The highest BCUT2D eigenvalue weighted by atomic mass is 16.4. The fraction of sp³-hybridized carbons (Fsp3) is 0.533. The predicted molar refractivity (Wildman–Crippen MR) is 78.6 cm³/mol. The van der Waals surface area contributed by atoms with Gasteiger partial charge in [-0.2, -0.15) is 5.10 Å². The van der Waals surface area contributed by atoms with Gasteiger partial charge in [0.05, 0.1) is 11.6 Å². The van der Waals surface area contributed by atoms with Crippen molar-refractivity contribution in [2.45, 2.75) is 20.8 Å². The van der Waals surface area contributed by atoms with E-state index in [0.29, 0.717) is 6.54 Å². The van der Waals surface area contributed by atoms with Crippen LogP contribution in [0.3, 0.4) is 0 Å². The maximum absolute atomic E-state index is 12.2. The third kappa shape index (κ3) is 2.99. The van der Waals surface area contributed by atoms with Crippen LogP contribution in [0.1, 0.15) is 23.9 Å². The van der Waals surface area contributed by atoms with Crippen molar-refractivity contribution >= 4 is 18.0 Å². The molecule has 0 radical (unpaired) electrons. The number of hydrogen-bond donors (Lipinski definition) is 1. The molecule has 0 saturated carbocycles. The lowest BCUT2D eigenvalue weighted by Gasteiger charge is -2.12. The van der Waals surface area contributed by atoms with Crippen molar-refractivity contribution in [1.29, 1.82) is 0 Å². The maximum Gasteiger partial charge on any atom is 0.308 e. The SMILES string of the molecule is Cc1nn(C)c(C)c1C=CC(=O)N1CC(C)C(C(=O)O)C1. The molecule has 6 nitrogen and oxygen atoms in total. The number of aliphatic carboxylic acids is 1. The summed E-state index contributed by atoms with van der Waals surface area (Å²) in [6.07, 6.45) is 3.27. The van der Waals surface area contributed by atoms with Gasteiger partial charge in [0.15, 0.2) is 0 Å². The number of carbonyl (C=O) groups excluding carboxylic acids is 1. The lowest BCUT2D eigenvalue weighted by Crippen LogP contribution is -2.28. The van der Waals surface area contributed by atoms with E-state index in [2.05, 4.69) is 5.10 Å². The molecule has 1 aliphatic rings. The zero-order valence-electron chi connectivity index (χ0n) is 12.8. The van der Waals surface area contributed by atoms with E-state index in [4.69, 9.17) is 5.11 Å². The molecule has 114 valence electrons. The number of likely N-dealkylation sites (tertiary alicyclic amines) is 1. The van der Waals surface area contributed by atoms with Crippen molar-refractivity contribution in [3.05, 3.63) is 23.0 Å². The number of aryl methyl sites for hydroxylation is 2. The molecule has 2 atom stereocenters. The summed E-state index contributed by atoms with van der Waals surface area (Å²) in [6, 6.07) is 0. The van der Waals surface area contributed by atoms with Crippen LogP contribution in [0, 0.1) is 25.7 Å². The van der Waals surface area contributed by atoms with Gasteiger partial charge in [-0.15, -0.1) is 0 Å². The maximum atomic E-state index is 12.2. The summed E-state index contributed by atoms with van der Waals surface area (Å²) >= 11 is 0. The molecular weight excluding hydrogens is 270 g/mol. The number of carbonyl (C=O) groups is 2. The summed E-state index contributed by atoms with van der Waals surface area (Å²) in [5.41, 5.74) is 2.81. The van der Waals surface area contributed by atoms with Crippen molar-refractivity contribution in [1.82, 2.24) is 14.7 Å². The smallest absolute Gasteiger partial charge is 0.308 e. The Morgan fingerprint density at radius 1 is 1.33 bits per heavy atom. The summed E-state index contributed by atoms with van der Waals surface area (Å²) < 4.78 is 1.78. The normalized spacial score (nSPS) is 22.2. The Bertz CT molecular complexity index is 604. The highest BCUT2D eigenvalue weighted by molar-refractivity contribution is 5.92. The fourth-order valence-corrected chi connectivity index (χ4v) is 2.76. The predicted octanol–water partition coefficient (Wildman–Crippen LogP) is 1.23. The second-order valence-corrected chi connectivity index (χ2v) is 5.71. The lowest BCUT2D eigenvalue weighted by molar-refractivity contribution is -0.142. The van der Waals surface area contributed by atoms with Gasteiger partial charge in [-0.25, -0.2) is 0 Å². The van der Waals surface area contributed by atoms with Crippen molar-refractivity contribution in [3.63, 3.8) is 0 Å². The van der Waals surface area contributed by atoms with E-state index in [0.717, 1.165) is 17.0 Å². The summed E-state index contributed by atoms with van der Waals surface area (Å²) in [6.45, 7) is 6.49. The van der Waals surface area contributed by atoms with Gasteiger partial charge in [0.25, 0.3) is 0 Å². The minimum atomic E-state index is -0.833. The summed E-state index contributed by atoms with van der Waals surface area (Å²) in [4.78, 5) is 24.9. The zero-order chi connectivity index (χ0) is 15.7. The number of amides is 1. The highest BCUT2D eigenvalue weighted by Gasteiger charge is 2.36. The Balaban J connectivity index is 2.09. The van der Waals surface area contributed by atoms with Crippen LogP contribution in [-0.4, -0.2) is 44.8 Å². The Morgan fingerprint density at radius 2 is 2.00 bits per heavy atom. The topological polar surface area (TPSA) is 75.4 Å². The quantitative estimate of drug-likeness (QED) is 0.850. The van der Waals surface area contributed by atoms with Crippen LogP contribution in [0.5, 0.6) is 0 Å². The van der Waals surface area contributed by atoms with Gasteiger partial charge in [-0.3, -0.25) is 14.3 Å². The molecule has 1 amide bonds. The van der Waals surface area contributed by atoms with Gasteiger partial charge in [0.2, 0.25) is 5.91 Å². The molecule has 1 saturated heterocycles. The molecule has 1 N–H and O–H groups in total. The van der Waals surface area contributed by atoms with Crippen LogP contribution in [0.25, 0.3) is 6.08 Å². The van der Waals surface area contributed by atoms with Gasteiger partial charge in [0, 0.05) is 37.5 Å². The molecule has 21 heavy (non-hydrogen) atoms. The van der Waals surface area contributed by atoms with E-state index in [1.807, 2.05) is 27.8 Å². The molecule has 2 heterocycles. The van der Waals surface area contributed by atoms with Crippen LogP contribution in [0.4, 0.5) is 0 Å². The minimum Gasteiger partial charge on any atom is -0.481 e. The number of aromatic nitrogens is 2. The first-order chi connectivity index (χ1) is 9.81. The average Bonchev–Trinajstić information content (AvgIpc) is 2.90. The van der Waals surface area contributed by atoms with Crippen molar-refractivity contribution in [3.8, 4) is 0 Å². The van der Waals surface area contributed by atoms with Gasteiger partial charge >= 0.3 is 5.97 Å². The zero-order valence-corrected chi connectivity index (χ0v) is 12.8. The molecule has 0 spiro atoms. The van der Waals surface area contributed by atoms with E-state index in [1.165, 1.54) is 6.08 Å². The monoisotopic (exact) mass is 291 g/mol. The van der Waals surface area contributed by atoms with Crippen LogP contribution in [0.15, 0.2) is 6.08 Å². The van der Waals surface area contributed by atoms with E-state index in [1.54, 1.807) is 15.7 Å². The number of carboxylic acid groups (broad SMARTS) is 1. The molecule has 2 unspecified atom stereocenters. The van der Waals surface area contributed by atoms with Crippen LogP contribution < -0.4 is 0 Å². The highest BCUT2D eigenvalue weighted by Crippen LogP contribution is 2.23. The molecule has 0 bridgehead atoms. The van der Waals surface area contributed by atoms with Crippen LogP contribution in [0.2, 0.25) is 0 Å². The van der Waals surface area contributed by atoms with Crippen LogP contribution in [-0.2, 0) is 16.6 Å². The molecule has 0 aromatic carbocycles. The van der Waals surface area contributed by atoms with E-state index < -0.39 is 11.9 Å². The van der Waals surface area contributed by atoms with E-state index >= 15 is 0 Å². The average molecular weight is 291 g/mol. The number of rotatable bonds is 3. The molecule has 1 aromatic rings. The first-order valence-corrected chi connectivity index (χ1v) is 7.01. The Kier molecular flexibility index (Phi) is 4.16. The lowest BCUT2D eigenvalue weighted by atomic mass is 9.99. The van der Waals surface area contributed by atoms with Gasteiger partial charge in [0.1, 0.15) is 0 Å². The molecule has 0 aliphatic carbocycles. The Hall–Kier alpha value is -2.11. The summed E-state index contributed by atoms with van der Waals surface area (Å²) in [5.74, 6) is -1.46. The largest absolute Gasteiger partial charge is 0.481 e. The van der Waals surface area contributed by atoms with Crippen molar-refractivity contribution < 1.29 is 14.7 Å². The van der Waals surface area contributed by atoms with Gasteiger partial charge < -0.3 is 10.0 Å².